The molecule has 0 aliphatic rings. The van der Waals surface area contributed by atoms with Gasteiger partial charge in [0.05, 0.1) is 4.34 Å². The Morgan fingerprint density at radius 1 is 1.46 bits per heavy atom. The zero-order valence-corrected chi connectivity index (χ0v) is 9.63. The third-order valence-electron chi connectivity index (χ3n) is 1.80. The van der Waals surface area contributed by atoms with Crippen molar-refractivity contribution in [2.75, 3.05) is 0 Å². The Morgan fingerprint density at radius 2 is 2.08 bits per heavy atom. The van der Waals surface area contributed by atoms with Gasteiger partial charge in [-0.1, -0.05) is 32.4 Å². The van der Waals surface area contributed by atoms with Crippen molar-refractivity contribution >= 4 is 28.7 Å². The van der Waals surface area contributed by atoms with Crippen LogP contribution in [0.2, 0.25) is 4.34 Å². The molecule has 3 heteroatoms. The SMILES string of the molecule is CC(C)(C)C(=O)Cc1ccc(Cl)s1. The highest BCUT2D eigenvalue weighted by Gasteiger charge is 2.21. The van der Waals surface area contributed by atoms with E-state index < -0.39 is 0 Å². The normalized spacial score (nSPS) is 11.7. The molecule has 1 nitrogen and oxygen atoms in total. The van der Waals surface area contributed by atoms with E-state index in [1.54, 1.807) is 0 Å². The Bertz CT molecular complexity index is 309. The Hall–Kier alpha value is -0.340. The van der Waals surface area contributed by atoms with Gasteiger partial charge in [0, 0.05) is 16.7 Å². The van der Waals surface area contributed by atoms with Crippen LogP contribution in [0.15, 0.2) is 12.1 Å². The second-order valence-corrected chi connectivity index (χ2v) is 5.86. The lowest BCUT2D eigenvalue weighted by Crippen LogP contribution is -2.21. The molecule has 1 rings (SSSR count). The van der Waals surface area contributed by atoms with E-state index in [1.807, 2.05) is 32.9 Å². The summed E-state index contributed by atoms with van der Waals surface area (Å²) in [6, 6.07) is 3.74. The average molecular weight is 217 g/mol. The molecule has 72 valence electrons. The van der Waals surface area contributed by atoms with E-state index >= 15 is 0 Å². The van der Waals surface area contributed by atoms with Crippen molar-refractivity contribution in [2.24, 2.45) is 5.41 Å². The van der Waals surface area contributed by atoms with E-state index in [0.29, 0.717) is 6.42 Å². The number of hydrogen-bond acceptors (Lipinski definition) is 2. The van der Waals surface area contributed by atoms with E-state index in [2.05, 4.69) is 0 Å². The highest BCUT2D eigenvalue weighted by Crippen LogP contribution is 2.25. The molecule has 0 aromatic carbocycles. The highest BCUT2D eigenvalue weighted by atomic mass is 35.5. The zero-order chi connectivity index (χ0) is 10.1. The number of thiophene rings is 1. The summed E-state index contributed by atoms with van der Waals surface area (Å²) in [7, 11) is 0. The number of halogens is 1. The molecule has 0 saturated carbocycles. The van der Waals surface area contributed by atoms with E-state index in [4.69, 9.17) is 11.6 Å². The smallest absolute Gasteiger partial charge is 0.143 e. The van der Waals surface area contributed by atoms with Crippen LogP contribution in [0.3, 0.4) is 0 Å². The summed E-state index contributed by atoms with van der Waals surface area (Å²) in [5, 5.41) is 0. The molecule has 0 atom stereocenters. The summed E-state index contributed by atoms with van der Waals surface area (Å²) in [5.41, 5.74) is -0.254. The largest absolute Gasteiger partial charge is 0.299 e. The van der Waals surface area contributed by atoms with Gasteiger partial charge in [0.25, 0.3) is 0 Å². The monoisotopic (exact) mass is 216 g/mol. The first kappa shape index (κ1) is 10.7. The van der Waals surface area contributed by atoms with Crippen LogP contribution in [-0.4, -0.2) is 5.78 Å². The maximum atomic E-state index is 11.6. The molecule has 13 heavy (non-hydrogen) atoms. The van der Waals surface area contributed by atoms with E-state index in [0.717, 1.165) is 9.21 Å². The number of ketones is 1. The van der Waals surface area contributed by atoms with Crippen LogP contribution >= 0.6 is 22.9 Å². The number of carbonyl (C=O) groups excluding carboxylic acids is 1. The van der Waals surface area contributed by atoms with Crippen molar-refractivity contribution in [1.82, 2.24) is 0 Å². The first-order chi connectivity index (χ1) is 5.89. The van der Waals surface area contributed by atoms with Crippen LogP contribution in [0.5, 0.6) is 0 Å². The van der Waals surface area contributed by atoms with Crippen LogP contribution < -0.4 is 0 Å². The van der Waals surface area contributed by atoms with Crippen molar-refractivity contribution in [3.05, 3.63) is 21.3 Å². The molecule has 1 heterocycles. The van der Waals surface area contributed by atoms with E-state index in [1.165, 1.54) is 11.3 Å². The van der Waals surface area contributed by atoms with Crippen molar-refractivity contribution < 1.29 is 4.79 Å². The van der Waals surface area contributed by atoms with Crippen molar-refractivity contribution in [2.45, 2.75) is 27.2 Å². The lowest BCUT2D eigenvalue weighted by atomic mass is 9.89. The zero-order valence-electron chi connectivity index (χ0n) is 8.06. The summed E-state index contributed by atoms with van der Waals surface area (Å²) in [4.78, 5) is 12.7. The number of hydrogen-bond donors (Lipinski definition) is 0. The Balaban J connectivity index is 2.65. The van der Waals surface area contributed by atoms with Crippen molar-refractivity contribution in [3.8, 4) is 0 Å². The van der Waals surface area contributed by atoms with Gasteiger partial charge in [-0.25, -0.2) is 0 Å². The van der Waals surface area contributed by atoms with Gasteiger partial charge in [-0.2, -0.15) is 0 Å². The van der Waals surface area contributed by atoms with Gasteiger partial charge in [0.15, 0.2) is 0 Å². The van der Waals surface area contributed by atoms with E-state index in [-0.39, 0.29) is 11.2 Å². The standard InChI is InChI=1S/C10H13ClOS/c1-10(2,3)8(12)6-7-4-5-9(11)13-7/h4-5H,6H2,1-3H3. The summed E-state index contributed by atoms with van der Waals surface area (Å²) in [6.07, 6.45) is 0.501. The van der Waals surface area contributed by atoms with Gasteiger partial charge in [0.2, 0.25) is 0 Å². The predicted octanol–water partition coefficient (Wildman–Crippen LogP) is 3.56. The molecular weight excluding hydrogens is 204 g/mol. The third-order valence-corrected chi connectivity index (χ3v) is 3.03. The highest BCUT2D eigenvalue weighted by molar-refractivity contribution is 7.16. The first-order valence-corrected chi connectivity index (χ1v) is 5.36. The molecule has 0 spiro atoms. The topological polar surface area (TPSA) is 17.1 Å². The maximum absolute atomic E-state index is 11.6. The molecule has 0 radical (unpaired) electrons. The quantitative estimate of drug-likeness (QED) is 0.739. The molecule has 0 fully saturated rings. The number of carbonyl (C=O) groups is 1. The van der Waals surface area contributed by atoms with Crippen LogP contribution in [-0.2, 0) is 11.2 Å². The van der Waals surface area contributed by atoms with E-state index in [9.17, 15) is 4.79 Å². The molecule has 0 aliphatic carbocycles. The third kappa shape index (κ3) is 3.12. The second-order valence-electron chi connectivity index (χ2n) is 4.06. The molecule has 0 bridgehead atoms. The molecular formula is C10H13ClOS. The molecule has 1 aromatic rings. The predicted molar refractivity (Wildman–Crippen MR) is 57.5 cm³/mol. The number of rotatable bonds is 2. The molecule has 0 unspecified atom stereocenters. The summed E-state index contributed by atoms with van der Waals surface area (Å²) >= 11 is 7.24. The Morgan fingerprint density at radius 3 is 2.46 bits per heavy atom. The van der Waals surface area contributed by atoms with Gasteiger partial charge in [-0.05, 0) is 12.1 Å². The number of Topliss-reactive ketones (excluding diaryl/α,β-unsaturated/α-hetero) is 1. The minimum atomic E-state index is -0.254. The first-order valence-electron chi connectivity index (χ1n) is 4.17. The van der Waals surface area contributed by atoms with Gasteiger partial charge in [-0.3, -0.25) is 4.79 Å². The van der Waals surface area contributed by atoms with Crippen LogP contribution in [0, 0.1) is 5.41 Å². The van der Waals surface area contributed by atoms with Gasteiger partial charge in [-0.15, -0.1) is 11.3 Å². The maximum Gasteiger partial charge on any atom is 0.143 e. The fourth-order valence-electron chi connectivity index (χ4n) is 0.870. The minimum Gasteiger partial charge on any atom is -0.299 e. The van der Waals surface area contributed by atoms with Gasteiger partial charge in [0.1, 0.15) is 5.78 Å². The molecule has 0 amide bonds. The molecule has 0 aliphatic heterocycles. The Kier molecular flexibility index (Phi) is 3.14. The van der Waals surface area contributed by atoms with Crippen molar-refractivity contribution in [3.63, 3.8) is 0 Å². The van der Waals surface area contributed by atoms with Gasteiger partial charge < -0.3 is 0 Å². The average Bonchev–Trinajstić information content (AvgIpc) is 2.33. The second kappa shape index (κ2) is 3.81. The van der Waals surface area contributed by atoms with Crippen LogP contribution in [0.4, 0.5) is 0 Å². The van der Waals surface area contributed by atoms with Crippen LogP contribution in [0.1, 0.15) is 25.6 Å². The Labute approximate surface area is 87.7 Å². The molecule has 1 aromatic heterocycles. The minimum absolute atomic E-state index is 0.254. The molecule has 0 saturated heterocycles. The summed E-state index contributed by atoms with van der Waals surface area (Å²) in [5.74, 6) is 0.256. The van der Waals surface area contributed by atoms with Crippen molar-refractivity contribution in [1.29, 1.82) is 0 Å². The molecule has 0 N–H and O–H groups in total. The van der Waals surface area contributed by atoms with Crippen LogP contribution in [0.25, 0.3) is 0 Å². The fraction of sp³-hybridized carbons (Fsp3) is 0.500. The summed E-state index contributed by atoms with van der Waals surface area (Å²) < 4.78 is 0.747. The lowest BCUT2D eigenvalue weighted by Gasteiger charge is -2.15. The summed E-state index contributed by atoms with van der Waals surface area (Å²) in [6.45, 7) is 5.81. The lowest BCUT2D eigenvalue weighted by molar-refractivity contribution is -0.125. The fourth-order valence-corrected chi connectivity index (χ4v) is 1.96. The van der Waals surface area contributed by atoms with Gasteiger partial charge >= 0.3 is 0 Å².